The van der Waals surface area contributed by atoms with Gasteiger partial charge < -0.3 is 18.9 Å². The molecule has 6 heteroatoms. The molecule has 0 N–H and O–H groups in total. The van der Waals surface area contributed by atoms with Gasteiger partial charge in [0, 0.05) is 21.5 Å². The largest absolute Gasteiger partial charge is 0.493 e. The van der Waals surface area contributed by atoms with Crippen molar-refractivity contribution >= 4 is 33.5 Å². The first kappa shape index (κ1) is 24.1. The van der Waals surface area contributed by atoms with E-state index in [4.69, 9.17) is 18.9 Å². The maximum Gasteiger partial charge on any atom is 0.311 e. The summed E-state index contributed by atoms with van der Waals surface area (Å²) in [5, 5.41) is 3.27. The van der Waals surface area contributed by atoms with Gasteiger partial charge in [-0.15, -0.1) is 0 Å². The van der Waals surface area contributed by atoms with Crippen molar-refractivity contribution in [2.75, 3.05) is 13.2 Å². The van der Waals surface area contributed by atoms with Crippen LogP contribution in [0.1, 0.15) is 33.1 Å². The Morgan fingerprint density at radius 2 is 0.971 bits per heavy atom. The van der Waals surface area contributed by atoms with E-state index in [0.717, 1.165) is 39.5 Å². The quantitative estimate of drug-likeness (QED) is 0.195. The summed E-state index contributed by atoms with van der Waals surface area (Å²) >= 11 is 0. The number of ether oxygens (including phenoxy) is 4. The van der Waals surface area contributed by atoms with Gasteiger partial charge in [-0.2, -0.15) is 0 Å². The highest BCUT2D eigenvalue weighted by Crippen LogP contribution is 2.34. The molecule has 4 aromatic carbocycles. The second-order valence-corrected chi connectivity index (χ2v) is 7.94. The summed E-state index contributed by atoms with van der Waals surface area (Å²) < 4.78 is 22.6. The third-order valence-corrected chi connectivity index (χ3v) is 5.43. The van der Waals surface area contributed by atoms with Crippen molar-refractivity contribution in [2.45, 2.75) is 33.1 Å². The number of hydrogen-bond donors (Lipinski definition) is 0. The molecule has 0 aliphatic rings. The monoisotopic (exact) mass is 472 g/mol. The standard InChI is InChI=1S/C29H28O6/c1-3-19-33-25-14-16-27(23-12-8-6-10-21(23)25)35-29(31)18-17-28(30)34-26-15-13-24(32-4-2)20-9-5-7-11-22(20)26/h5-16H,3-4,17-19H2,1-2H3. The Morgan fingerprint density at radius 3 is 1.40 bits per heavy atom. The molecule has 180 valence electrons. The van der Waals surface area contributed by atoms with E-state index in [-0.39, 0.29) is 12.8 Å². The number of benzene rings is 4. The highest BCUT2D eigenvalue weighted by atomic mass is 16.5. The van der Waals surface area contributed by atoms with E-state index in [2.05, 4.69) is 0 Å². The van der Waals surface area contributed by atoms with Gasteiger partial charge in [-0.25, -0.2) is 0 Å². The Bertz CT molecular complexity index is 1340. The van der Waals surface area contributed by atoms with Crippen LogP contribution < -0.4 is 18.9 Å². The third-order valence-electron chi connectivity index (χ3n) is 5.43. The van der Waals surface area contributed by atoms with Gasteiger partial charge in [0.1, 0.15) is 23.0 Å². The molecule has 35 heavy (non-hydrogen) atoms. The van der Waals surface area contributed by atoms with Crippen molar-refractivity contribution in [1.82, 2.24) is 0 Å². The summed E-state index contributed by atoms with van der Waals surface area (Å²) in [6.07, 6.45) is 0.694. The van der Waals surface area contributed by atoms with Crippen molar-refractivity contribution in [1.29, 1.82) is 0 Å². The van der Waals surface area contributed by atoms with Gasteiger partial charge >= 0.3 is 11.9 Å². The molecular weight excluding hydrogens is 444 g/mol. The Balaban J connectivity index is 1.41. The molecule has 0 aromatic heterocycles. The van der Waals surface area contributed by atoms with Crippen molar-refractivity contribution in [3.8, 4) is 23.0 Å². The lowest BCUT2D eigenvalue weighted by molar-refractivity contribution is -0.140. The zero-order valence-electron chi connectivity index (χ0n) is 19.9. The van der Waals surface area contributed by atoms with Crippen LogP contribution in [0.5, 0.6) is 23.0 Å². The Labute approximate surface area is 204 Å². The summed E-state index contributed by atoms with van der Waals surface area (Å²) in [7, 11) is 0. The molecule has 0 saturated carbocycles. The summed E-state index contributed by atoms with van der Waals surface area (Å²) in [5.74, 6) is 1.31. The predicted molar refractivity (Wildman–Crippen MR) is 135 cm³/mol. The second-order valence-electron chi connectivity index (χ2n) is 7.94. The molecule has 0 bridgehead atoms. The lowest BCUT2D eigenvalue weighted by atomic mass is 10.1. The number of carbonyl (C=O) groups excluding carboxylic acids is 2. The van der Waals surface area contributed by atoms with Gasteiger partial charge in [-0.1, -0.05) is 55.5 Å². The molecule has 4 aromatic rings. The first-order valence-electron chi connectivity index (χ1n) is 11.8. The normalized spacial score (nSPS) is 10.8. The fourth-order valence-corrected chi connectivity index (χ4v) is 3.84. The van der Waals surface area contributed by atoms with E-state index >= 15 is 0 Å². The van der Waals surface area contributed by atoms with Crippen molar-refractivity contribution in [3.05, 3.63) is 72.8 Å². The minimum Gasteiger partial charge on any atom is -0.493 e. The smallest absolute Gasteiger partial charge is 0.311 e. The van der Waals surface area contributed by atoms with Crippen LogP contribution in [-0.2, 0) is 9.59 Å². The number of esters is 2. The molecule has 0 radical (unpaired) electrons. The van der Waals surface area contributed by atoms with E-state index in [0.29, 0.717) is 24.7 Å². The SMILES string of the molecule is CCCOc1ccc(OC(=O)CCC(=O)Oc2ccc(OCC)c3ccccc23)c2ccccc12. The molecular formula is C29H28O6. The van der Waals surface area contributed by atoms with Crippen LogP contribution in [-0.4, -0.2) is 25.2 Å². The summed E-state index contributed by atoms with van der Waals surface area (Å²) in [5.41, 5.74) is 0. The zero-order valence-corrected chi connectivity index (χ0v) is 19.9. The maximum absolute atomic E-state index is 12.5. The highest BCUT2D eigenvalue weighted by molar-refractivity contribution is 5.96. The van der Waals surface area contributed by atoms with Gasteiger partial charge in [0.2, 0.25) is 0 Å². The molecule has 0 saturated heterocycles. The van der Waals surface area contributed by atoms with Crippen LogP contribution in [0.15, 0.2) is 72.8 Å². The van der Waals surface area contributed by atoms with Crippen LogP contribution in [0.3, 0.4) is 0 Å². The molecule has 6 nitrogen and oxygen atoms in total. The van der Waals surface area contributed by atoms with E-state index in [1.54, 1.807) is 24.3 Å². The predicted octanol–water partition coefficient (Wildman–Crippen LogP) is 6.47. The fraction of sp³-hybridized carbons (Fsp3) is 0.241. The van der Waals surface area contributed by atoms with Crippen LogP contribution >= 0.6 is 0 Å². The third kappa shape index (κ3) is 5.72. The molecule has 0 unspecified atom stereocenters. The number of carbonyl (C=O) groups is 2. The highest BCUT2D eigenvalue weighted by Gasteiger charge is 2.16. The van der Waals surface area contributed by atoms with Gasteiger partial charge in [0.15, 0.2) is 0 Å². The molecule has 0 aliphatic carbocycles. The summed E-state index contributed by atoms with van der Waals surface area (Å²) in [6.45, 7) is 5.10. The molecule has 0 spiro atoms. The Kier molecular flexibility index (Phi) is 7.83. The minimum atomic E-state index is -0.510. The summed E-state index contributed by atoms with van der Waals surface area (Å²) in [6, 6.07) is 22.1. The zero-order chi connectivity index (χ0) is 24.6. The van der Waals surface area contributed by atoms with E-state index in [9.17, 15) is 9.59 Å². The maximum atomic E-state index is 12.5. The molecule has 0 heterocycles. The van der Waals surface area contributed by atoms with Gasteiger partial charge in [0.05, 0.1) is 26.1 Å². The molecule has 4 rings (SSSR count). The first-order valence-corrected chi connectivity index (χ1v) is 11.8. The molecule has 0 amide bonds. The van der Waals surface area contributed by atoms with Crippen molar-refractivity contribution < 1.29 is 28.5 Å². The van der Waals surface area contributed by atoms with Gasteiger partial charge in [-0.05, 0) is 37.6 Å². The first-order chi connectivity index (χ1) is 17.1. The minimum absolute atomic E-state index is 0.101. The fourth-order valence-electron chi connectivity index (χ4n) is 3.84. The van der Waals surface area contributed by atoms with Crippen LogP contribution in [0.4, 0.5) is 0 Å². The number of rotatable bonds is 10. The Hall–Kier alpha value is -4.06. The number of hydrogen-bond acceptors (Lipinski definition) is 6. The van der Waals surface area contributed by atoms with Crippen LogP contribution in [0.25, 0.3) is 21.5 Å². The van der Waals surface area contributed by atoms with Crippen molar-refractivity contribution in [2.24, 2.45) is 0 Å². The Morgan fingerprint density at radius 1 is 0.571 bits per heavy atom. The topological polar surface area (TPSA) is 71.1 Å². The van der Waals surface area contributed by atoms with E-state index in [1.165, 1.54) is 0 Å². The lowest BCUT2D eigenvalue weighted by Gasteiger charge is -2.13. The number of fused-ring (bicyclic) bond motifs is 2. The van der Waals surface area contributed by atoms with E-state index < -0.39 is 11.9 Å². The molecule has 0 fully saturated rings. The van der Waals surface area contributed by atoms with Gasteiger partial charge in [0.25, 0.3) is 0 Å². The van der Waals surface area contributed by atoms with Gasteiger partial charge in [-0.3, -0.25) is 9.59 Å². The van der Waals surface area contributed by atoms with Crippen molar-refractivity contribution in [3.63, 3.8) is 0 Å². The molecule has 0 atom stereocenters. The van der Waals surface area contributed by atoms with Crippen LogP contribution in [0, 0.1) is 0 Å². The molecule has 0 aliphatic heterocycles. The summed E-state index contributed by atoms with van der Waals surface area (Å²) in [4.78, 5) is 25.0. The average molecular weight is 473 g/mol. The average Bonchev–Trinajstić information content (AvgIpc) is 2.88. The van der Waals surface area contributed by atoms with Crippen LogP contribution in [0.2, 0.25) is 0 Å². The second kappa shape index (κ2) is 11.4. The van der Waals surface area contributed by atoms with E-state index in [1.807, 2.05) is 62.4 Å². The lowest BCUT2D eigenvalue weighted by Crippen LogP contribution is -2.14.